The van der Waals surface area contributed by atoms with E-state index in [0.717, 1.165) is 6.07 Å². The summed E-state index contributed by atoms with van der Waals surface area (Å²) >= 11 is -3.32. The first-order chi connectivity index (χ1) is 12.0. The van der Waals surface area contributed by atoms with Crippen LogP contribution in [0, 0.1) is 0 Å². The first kappa shape index (κ1) is 25.6. The molecule has 15 heteroatoms. The zero-order valence-corrected chi connectivity index (χ0v) is 17.6. The summed E-state index contributed by atoms with van der Waals surface area (Å²) in [4.78, 5) is 2.96. The number of thiophene rings is 1. The summed E-state index contributed by atoms with van der Waals surface area (Å²) in [6.07, 6.45) is -7.40. The van der Waals surface area contributed by atoms with Crippen molar-refractivity contribution in [1.29, 1.82) is 0 Å². The summed E-state index contributed by atoms with van der Waals surface area (Å²) in [6.45, 7) is 0. The number of halogens is 13. The number of hydrogen-bond acceptors (Lipinski definition) is 1. The minimum atomic E-state index is -7.87. The van der Waals surface area contributed by atoms with Gasteiger partial charge >= 0.3 is 157 Å². The molecule has 0 bridgehead atoms. The molecule has 0 aliphatic rings. The molecule has 0 amide bonds. The van der Waals surface area contributed by atoms with E-state index in [1.807, 2.05) is 0 Å². The number of alkyl halides is 13. The van der Waals surface area contributed by atoms with Gasteiger partial charge in [0, 0.05) is 0 Å². The van der Waals surface area contributed by atoms with Gasteiger partial charge in [-0.05, 0) is 0 Å². The molecule has 0 fully saturated rings. The SMILES string of the molecule is [CH3][Sn]([CH3])([CH3])[c]1ccc(C(F)(F)C(F)(F)C(F)(F)C(F)(F)C(F)(F)C(F)(F)F)s1. The second-order valence-electron chi connectivity index (χ2n) is 6.78. The molecule has 1 aromatic heterocycles. The molecule has 0 nitrogen and oxygen atoms in total. The van der Waals surface area contributed by atoms with Gasteiger partial charge in [0.05, 0.1) is 0 Å². The van der Waals surface area contributed by atoms with E-state index in [2.05, 4.69) is 0 Å². The first-order valence-corrected chi connectivity index (χ1v) is 17.8. The molecule has 0 unspecified atom stereocenters. The van der Waals surface area contributed by atoms with Crippen molar-refractivity contribution in [2.75, 3.05) is 0 Å². The number of hydrogen-bond donors (Lipinski definition) is 0. The molecule has 0 N–H and O–H groups in total. The minimum absolute atomic E-state index is 0.111. The fraction of sp³-hybridized carbons (Fsp3) is 0.692. The van der Waals surface area contributed by atoms with Crippen LogP contribution in [0.15, 0.2) is 12.1 Å². The first-order valence-electron chi connectivity index (χ1n) is 7.03. The van der Waals surface area contributed by atoms with Gasteiger partial charge in [-0.2, -0.15) is 0 Å². The van der Waals surface area contributed by atoms with Crippen molar-refractivity contribution in [1.82, 2.24) is 0 Å². The van der Waals surface area contributed by atoms with Gasteiger partial charge < -0.3 is 0 Å². The average Bonchev–Trinajstić information content (AvgIpc) is 2.95. The fourth-order valence-electron chi connectivity index (χ4n) is 1.83. The molecule has 1 heterocycles. The summed E-state index contributed by atoms with van der Waals surface area (Å²) in [5, 5.41) is 0. The zero-order valence-electron chi connectivity index (χ0n) is 14.0. The Balaban J connectivity index is 3.55. The fourth-order valence-corrected chi connectivity index (χ4v) is 8.13. The van der Waals surface area contributed by atoms with Gasteiger partial charge in [0.25, 0.3) is 0 Å². The van der Waals surface area contributed by atoms with Crippen molar-refractivity contribution in [3.05, 3.63) is 17.0 Å². The Morgan fingerprint density at radius 2 is 1.00 bits per heavy atom. The molecule has 0 saturated heterocycles. The Bertz CT molecular complexity index is 711. The van der Waals surface area contributed by atoms with Crippen LogP contribution in [-0.4, -0.2) is 48.2 Å². The molecule has 0 atom stereocenters. The van der Waals surface area contributed by atoms with Crippen LogP contribution in [-0.2, 0) is 5.92 Å². The molecule has 1 rings (SSSR count). The molecule has 0 radical (unpaired) electrons. The van der Waals surface area contributed by atoms with Gasteiger partial charge in [-0.25, -0.2) is 0 Å². The molecule has 0 aromatic carbocycles. The predicted octanol–water partition coefficient (Wildman–Crippen LogP) is 6.49. The van der Waals surface area contributed by atoms with Crippen LogP contribution >= 0.6 is 11.3 Å². The van der Waals surface area contributed by atoms with Crippen molar-refractivity contribution < 1.29 is 57.1 Å². The van der Waals surface area contributed by atoms with Crippen molar-refractivity contribution in [2.45, 2.75) is 50.6 Å². The average molecular weight is 565 g/mol. The Hall–Kier alpha value is -0.411. The Labute approximate surface area is 157 Å². The van der Waals surface area contributed by atoms with Crippen molar-refractivity contribution in [3.8, 4) is 0 Å². The molecular formula is C13H11F13SSn. The third-order valence-electron chi connectivity index (χ3n) is 3.59. The van der Waals surface area contributed by atoms with E-state index in [-0.39, 0.29) is 20.3 Å². The molecule has 164 valence electrons. The second kappa shape index (κ2) is 6.80. The Morgan fingerprint density at radius 1 is 0.607 bits per heavy atom. The van der Waals surface area contributed by atoms with Gasteiger partial charge in [-0.3, -0.25) is 0 Å². The van der Waals surface area contributed by atoms with E-state index in [4.69, 9.17) is 0 Å². The third kappa shape index (κ3) is 3.60. The summed E-state index contributed by atoms with van der Waals surface area (Å²) in [7, 11) is 0. The molecule has 1 aromatic rings. The molecule has 0 aliphatic heterocycles. The van der Waals surface area contributed by atoms with Crippen molar-refractivity contribution in [2.24, 2.45) is 0 Å². The molecule has 0 spiro atoms. The zero-order chi connectivity index (χ0) is 22.8. The van der Waals surface area contributed by atoms with E-state index in [1.54, 1.807) is 14.8 Å². The monoisotopic (exact) mass is 566 g/mol. The predicted molar refractivity (Wildman–Crippen MR) is 77.0 cm³/mol. The Morgan fingerprint density at radius 3 is 1.32 bits per heavy atom. The van der Waals surface area contributed by atoms with Crippen molar-refractivity contribution in [3.63, 3.8) is 0 Å². The molecular weight excluding hydrogens is 554 g/mol. The summed E-state index contributed by atoms with van der Waals surface area (Å²) in [5.74, 6) is -36.7. The second-order valence-corrected chi connectivity index (χ2v) is 23.3. The summed E-state index contributed by atoms with van der Waals surface area (Å²) in [6, 6.07) is 1.10. The normalized spacial score (nSPS) is 15.9. The van der Waals surface area contributed by atoms with E-state index in [1.165, 1.54) is 0 Å². The standard InChI is InChI=1S/C10H2F13S.3CH3.Sn/c11-5(12,4-2-1-3-24-4)6(13,14)7(15,16)8(17,18)9(19,20)10(21,22)23;;;;/h1-2H;3*1H3;. The van der Waals surface area contributed by atoms with E-state index in [9.17, 15) is 57.1 Å². The maximum atomic E-state index is 14.0. The third-order valence-corrected chi connectivity index (χ3v) is 14.2. The van der Waals surface area contributed by atoms with Crippen molar-refractivity contribution >= 4 is 32.6 Å². The van der Waals surface area contributed by atoms with Crippen LogP contribution in [0.1, 0.15) is 4.88 Å². The summed E-state index contributed by atoms with van der Waals surface area (Å²) < 4.78 is 170. The molecule has 0 saturated carbocycles. The van der Waals surface area contributed by atoms with E-state index >= 15 is 0 Å². The van der Waals surface area contributed by atoms with E-state index in [0.29, 0.717) is 0 Å². The topological polar surface area (TPSA) is 0 Å². The quantitative estimate of drug-likeness (QED) is 0.274. The van der Waals surface area contributed by atoms with Crippen LogP contribution in [0.25, 0.3) is 0 Å². The van der Waals surface area contributed by atoms with E-state index < -0.39 is 59.0 Å². The molecule has 28 heavy (non-hydrogen) atoms. The van der Waals surface area contributed by atoms with Gasteiger partial charge in [0.15, 0.2) is 0 Å². The van der Waals surface area contributed by atoms with Gasteiger partial charge in [-0.1, -0.05) is 0 Å². The Kier molecular flexibility index (Phi) is 6.23. The van der Waals surface area contributed by atoms with Crippen LogP contribution in [0.5, 0.6) is 0 Å². The number of rotatable bonds is 6. The van der Waals surface area contributed by atoms with Crippen LogP contribution in [0.2, 0.25) is 14.8 Å². The summed E-state index contributed by atoms with van der Waals surface area (Å²) in [5.41, 5.74) is 0. The molecule has 0 aliphatic carbocycles. The van der Waals surface area contributed by atoms with Crippen LogP contribution in [0.3, 0.4) is 0 Å². The van der Waals surface area contributed by atoms with Gasteiger partial charge in [-0.15, -0.1) is 0 Å². The van der Waals surface area contributed by atoms with Gasteiger partial charge in [0.2, 0.25) is 0 Å². The van der Waals surface area contributed by atoms with Crippen LogP contribution < -0.4 is 2.89 Å². The van der Waals surface area contributed by atoms with Crippen LogP contribution in [0.4, 0.5) is 57.1 Å². The maximum absolute atomic E-state index is 14.0. The van der Waals surface area contributed by atoms with Gasteiger partial charge in [0.1, 0.15) is 0 Å².